The Kier molecular flexibility index (Phi) is 6.00. The Morgan fingerprint density at radius 1 is 1.05 bits per heavy atom. The van der Waals surface area contributed by atoms with Gasteiger partial charge in [0.1, 0.15) is 36.1 Å². The summed E-state index contributed by atoms with van der Waals surface area (Å²) < 4.78 is 29.5. The zero-order chi connectivity index (χ0) is 27.5. The van der Waals surface area contributed by atoms with Crippen LogP contribution in [0.15, 0.2) is 11.6 Å². The van der Waals surface area contributed by atoms with Gasteiger partial charge in [-0.1, -0.05) is 13.8 Å². The van der Waals surface area contributed by atoms with E-state index in [-0.39, 0.29) is 40.8 Å². The van der Waals surface area contributed by atoms with E-state index in [2.05, 4.69) is 13.8 Å². The van der Waals surface area contributed by atoms with Crippen LogP contribution in [0.4, 0.5) is 0 Å². The van der Waals surface area contributed by atoms with Crippen molar-refractivity contribution >= 4 is 5.97 Å². The first kappa shape index (κ1) is 26.8. The molecular formula is C30H44O9. The predicted molar refractivity (Wildman–Crippen MR) is 137 cm³/mol. The number of cyclic esters (lactones) is 1. The summed E-state index contributed by atoms with van der Waals surface area (Å²) >= 11 is 0. The average molecular weight is 549 g/mol. The van der Waals surface area contributed by atoms with Crippen LogP contribution in [0.3, 0.4) is 0 Å². The zero-order valence-electron chi connectivity index (χ0n) is 23.5. The normalized spacial score (nSPS) is 58.0. The molecule has 0 aromatic carbocycles. The molecule has 1 spiro atoms. The van der Waals surface area contributed by atoms with Gasteiger partial charge in [0.25, 0.3) is 0 Å². The molecule has 4 saturated carbocycles. The van der Waals surface area contributed by atoms with Crippen LogP contribution in [-0.2, 0) is 28.5 Å². The number of rotatable bonds is 4. The van der Waals surface area contributed by atoms with Gasteiger partial charge in [0.15, 0.2) is 6.29 Å². The van der Waals surface area contributed by atoms with Gasteiger partial charge in [-0.05, 0) is 87.0 Å². The molecule has 0 radical (unpaired) electrons. The Balaban J connectivity index is 1.09. The molecule has 2 saturated heterocycles. The highest BCUT2D eigenvalue weighted by atomic mass is 16.7. The van der Waals surface area contributed by atoms with Gasteiger partial charge in [-0.3, -0.25) is 0 Å². The van der Waals surface area contributed by atoms with Gasteiger partial charge in [0.2, 0.25) is 0 Å². The summed E-state index contributed by atoms with van der Waals surface area (Å²) in [6.45, 7) is 6.73. The molecule has 9 nitrogen and oxygen atoms in total. The molecule has 0 bridgehead atoms. The summed E-state index contributed by atoms with van der Waals surface area (Å²) in [5, 5.41) is 33.7. The monoisotopic (exact) mass is 548 g/mol. The van der Waals surface area contributed by atoms with E-state index < -0.39 is 41.9 Å². The molecule has 0 aromatic rings. The number of hydrogen-bond acceptors (Lipinski definition) is 9. The minimum atomic E-state index is -1.06. The van der Waals surface area contributed by atoms with Crippen molar-refractivity contribution in [2.45, 2.75) is 126 Å². The Morgan fingerprint density at radius 3 is 2.56 bits per heavy atom. The second-order valence-corrected chi connectivity index (χ2v) is 14.0. The number of ether oxygens (including phenoxy) is 5. The van der Waals surface area contributed by atoms with Crippen LogP contribution in [-0.4, -0.2) is 89.1 Å². The second kappa shape index (κ2) is 8.72. The summed E-state index contributed by atoms with van der Waals surface area (Å²) in [7, 11) is 1.48. The molecule has 7 rings (SSSR count). The average Bonchev–Trinajstić information content (AvgIpc) is 3.34. The Morgan fingerprint density at radius 2 is 1.85 bits per heavy atom. The molecular weight excluding hydrogens is 504 g/mol. The van der Waals surface area contributed by atoms with Gasteiger partial charge >= 0.3 is 5.97 Å². The maximum atomic E-state index is 12.6. The van der Waals surface area contributed by atoms with E-state index in [1.165, 1.54) is 7.11 Å². The molecule has 218 valence electrons. The van der Waals surface area contributed by atoms with Crippen molar-refractivity contribution in [3.05, 3.63) is 11.6 Å². The van der Waals surface area contributed by atoms with E-state index in [4.69, 9.17) is 23.7 Å². The molecule has 3 N–H and O–H groups in total. The topological polar surface area (TPSA) is 127 Å². The van der Waals surface area contributed by atoms with Crippen molar-refractivity contribution in [2.75, 3.05) is 13.7 Å². The third-order valence-electron chi connectivity index (χ3n) is 12.7. The smallest absolute Gasteiger partial charge is 0.331 e. The van der Waals surface area contributed by atoms with Crippen molar-refractivity contribution in [1.29, 1.82) is 0 Å². The zero-order valence-corrected chi connectivity index (χ0v) is 23.5. The van der Waals surface area contributed by atoms with Crippen LogP contribution in [0.2, 0.25) is 0 Å². The van der Waals surface area contributed by atoms with Gasteiger partial charge in [-0.15, -0.1) is 0 Å². The highest BCUT2D eigenvalue weighted by molar-refractivity contribution is 5.85. The third-order valence-corrected chi connectivity index (χ3v) is 12.7. The van der Waals surface area contributed by atoms with E-state index in [0.29, 0.717) is 18.9 Å². The lowest BCUT2D eigenvalue weighted by molar-refractivity contribution is -0.312. The maximum Gasteiger partial charge on any atom is 0.331 e. The summed E-state index contributed by atoms with van der Waals surface area (Å²) in [6.07, 6.45) is 4.59. The van der Waals surface area contributed by atoms with Gasteiger partial charge in [0.05, 0.1) is 18.3 Å². The minimum absolute atomic E-state index is 0.0261. The fourth-order valence-corrected chi connectivity index (χ4v) is 10.5. The van der Waals surface area contributed by atoms with Crippen molar-refractivity contribution in [3.63, 3.8) is 0 Å². The molecule has 9 heteroatoms. The number of hydrogen-bond donors (Lipinski definition) is 3. The molecule has 0 aromatic heterocycles. The van der Waals surface area contributed by atoms with Crippen molar-refractivity contribution in [1.82, 2.24) is 0 Å². The number of methoxy groups -OCH3 is 1. The predicted octanol–water partition coefficient (Wildman–Crippen LogP) is 2.24. The lowest BCUT2D eigenvalue weighted by Crippen LogP contribution is -2.68. The quantitative estimate of drug-likeness (QED) is 0.275. The minimum Gasteiger partial charge on any atom is -0.458 e. The van der Waals surface area contributed by atoms with E-state index in [9.17, 15) is 20.1 Å². The van der Waals surface area contributed by atoms with Crippen molar-refractivity contribution in [2.24, 2.45) is 28.6 Å². The van der Waals surface area contributed by atoms with Crippen LogP contribution < -0.4 is 0 Å². The molecule has 3 heterocycles. The number of aliphatic hydroxyl groups excluding tert-OH is 2. The maximum absolute atomic E-state index is 12.6. The number of epoxide rings is 1. The van der Waals surface area contributed by atoms with Crippen LogP contribution in [0, 0.1) is 28.6 Å². The van der Waals surface area contributed by atoms with Crippen LogP contribution in [0.25, 0.3) is 0 Å². The van der Waals surface area contributed by atoms with Gasteiger partial charge in [-0.25, -0.2) is 4.79 Å². The summed E-state index contributed by atoms with van der Waals surface area (Å²) in [5.74, 6) is 0.532. The molecule has 3 unspecified atom stereocenters. The molecule has 6 fully saturated rings. The SMILES string of the molecule is CO[C@H]1[C@H](O)[C@H](O[C@H]2CC[C@@]3(C)C(C2)C[C@@H]2O[C@]24C3CC[C@]2(C)C(C3=CC(=O)OC3)CC[C@]42O)O[C@@H](C)[C@@H]1O. The summed E-state index contributed by atoms with van der Waals surface area (Å²) in [6, 6.07) is 0. The second-order valence-electron chi connectivity index (χ2n) is 14.0. The van der Waals surface area contributed by atoms with Crippen LogP contribution in [0.5, 0.6) is 0 Å². The Bertz CT molecular complexity index is 1060. The first-order valence-electron chi connectivity index (χ1n) is 15.0. The van der Waals surface area contributed by atoms with E-state index in [1.54, 1.807) is 13.0 Å². The number of fused-ring (bicyclic) bond motifs is 3. The van der Waals surface area contributed by atoms with Gasteiger partial charge < -0.3 is 39.0 Å². The summed E-state index contributed by atoms with van der Waals surface area (Å²) in [4.78, 5) is 11.9. The lowest BCUT2D eigenvalue weighted by Gasteiger charge is -2.62. The van der Waals surface area contributed by atoms with E-state index in [0.717, 1.165) is 50.5 Å². The standard InChI is InChI=1S/C30H44O9/c1-15-23(32)25(35-4)24(33)26(37-15)38-18-5-8-27(2)17(12-18)13-21-30(39-21)20(27)7-9-28(3)19(6-10-29(28,30)34)16-11-22(31)36-14-16/h11,15,17-21,23-26,32-34H,5-10,12-14H2,1-4H3/t15-,17?,18-,19?,20?,21-,23-,24-,25+,26-,27-,28+,29+,30+/m0/s1. The molecule has 7 aliphatic rings. The van der Waals surface area contributed by atoms with E-state index in [1.807, 2.05) is 0 Å². The van der Waals surface area contributed by atoms with Crippen LogP contribution in [0.1, 0.15) is 72.1 Å². The van der Waals surface area contributed by atoms with Crippen LogP contribution >= 0.6 is 0 Å². The Labute approximate surface area is 230 Å². The Hall–Kier alpha value is -1.07. The first-order valence-corrected chi connectivity index (χ1v) is 15.0. The molecule has 14 atom stereocenters. The third kappa shape index (κ3) is 3.41. The number of aliphatic hydroxyl groups is 3. The first-order chi connectivity index (χ1) is 18.5. The molecule has 0 amide bonds. The van der Waals surface area contributed by atoms with E-state index >= 15 is 0 Å². The number of carbonyl (C=O) groups is 1. The highest BCUT2D eigenvalue weighted by Crippen LogP contribution is 2.77. The molecule has 4 aliphatic carbocycles. The number of esters is 1. The highest BCUT2D eigenvalue weighted by Gasteiger charge is 2.84. The number of carbonyl (C=O) groups excluding carboxylic acids is 1. The van der Waals surface area contributed by atoms with Gasteiger partial charge in [-0.2, -0.15) is 0 Å². The van der Waals surface area contributed by atoms with Crippen molar-refractivity contribution in [3.8, 4) is 0 Å². The summed E-state index contributed by atoms with van der Waals surface area (Å²) in [5.41, 5.74) is -0.712. The van der Waals surface area contributed by atoms with Crippen molar-refractivity contribution < 1.29 is 43.8 Å². The molecule has 3 aliphatic heterocycles. The lowest BCUT2D eigenvalue weighted by atomic mass is 9.43. The fourth-order valence-electron chi connectivity index (χ4n) is 10.5. The fraction of sp³-hybridized carbons (Fsp3) is 0.900. The van der Waals surface area contributed by atoms with Gasteiger partial charge in [0, 0.05) is 18.6 Å². The largest absolute Gasteiger partial charge is 0.458 e. The molecule has 39 heavy (non-hydrogen) atoms.